The molecule has 0 unspecified atom stereocenters. The summed E-state index contributed by atoms with van der Waals surface area (Å²) >= 11 is 3.37. The first-order valence-corrected chi connectivity index (χ1v) is 8.51. The van der Waals surface area contributed by atoms with Crippen molar-refractivity contribution in [2.24, 2.45) is 0 Å². The van der Waals surface area contributed by atoms with Gasteiger partial charge in [0.2, 0.25) is 0 Å². The smallest absolute Gasteiger partial charge is 0.124 e. The molecule has 0 fully saturated rings. The number of aromatic nitrogens is 1. The predicted molar refractivity (Wildman–Crippen MR) is 89.5 cm³/mol. The molecule has 3 rings (SSSR count). The summed E-state index contributed by atoms with van der Waals surface area (Å²) in [7, 11) is 0. The Morgan fingerprint density at radius 3 is 2.29 bits per heavy atom. The number of hydrogen-bond donors (Lipinski definition) is 0. The summed E-state index contributed by atoms with van der Waals surface area (Å²) in [5.41, 5.74) is 3.80. The molecular formula is C17H12N2S2. The Hall–Kier alpha value is -2.09. The maximum atomic E-state index is 8.83. The van der Waals surface area contributed by atoms with Crippen LogP contribution < -0.4 is 0 Å². The van der Waals surface area contributed by atoms with E-state index in [-0.39, 0.29) is 0 Å². The van der Waals surface area contributed by atoms with Gasteiger partial charge < -0.3 is 0 Å². The van der Waals surface area contributed by atoms with Crippen LogP contribution in [-0.2, 0) is 0 Å². The lowest BCUT2D eigenvalue weighted by Gasteiger charge is -1.99. The predicted octanol–water partition coefficient (Wildman–Crippen LogP) is 5.07. The van der Waals surface area contributed by atoms with Gasteiger partial charge in [-0.15, -0.1) is 23.1 Å². The Bertz CT molecular complexity index is 781. The lowest BCUT2D eigenvalue weighted by molar-refractivity contribution is 1.38. The molecule has 0 saturated heterocycles. The van der Waals surface area contributed by atoms with Crippen LogP contribution in [0, 0.1) is 11.3 Å². The van der Waals surface area contributed by atoms with E-state index >= 15 is 0 Å². The van der Waals surface area contributed by atoms with Crippen molar-refractivity contribution >= 4 is 23.1 Å². The summed E-state index contributed by atoms with van der Waals surface area (Å²) in [6.45, 7) is 0. The van der Waals surface area contributed by atoms with Crippen molar-refractivity contribution in [1.29, 1.82) is 5.26 Å². The van der Waals surface area contributed by atoms with E-state index < -0.39 is 0 Å². The SMILES string of the molecule is CSc1ccc(-c2nc(-c3ccc(C#N)cc3)cs2)cc1. The van der Waals surface area contributed by atoms with Gasteiger partial charge in [-0.25, -0.2) is 4.98 Å². The van der Waals surface area contributed by atoms with Gasteiger partial charge in [0.1, 0.15) is 5.01 Å². The molecule has 4 heteroatoms. The van der Waals surface area contributed by atoms with Gasteiger partial charge in [-0.05, 0) is 30.5 Å². The molecule has 1 aromatic heterocycles. The fraction of sp³-hybridized carbons (Fsp3) is 0.0588. The van der Waals surface area contributed by atoms with E-state index in [4.69, 9.17) is 10.2 Å². The molecule has 2 nitrogen and oxygen atoms in total. The maximum absolute atomic E-state index is 8.83. The molecule has 2 aromatic carbocycles. The van der Waals surface area contributed by atoms with Gasteiger partial charge in [-0.1, -0.05) is 24.3 Å². The first-order chi connectivity index (χ1) is 10.3. The molecule has 21 heavy (non-hydrogen) atoms. The zero-order chi connectivity index (χ0) is 14.7. The molecule has 0 aliphatic carbocycles. The van der Waals surface area contributed by atoms with E-state index in [0.717, 1.165) is 21.8 Å². The quantitative estimate of drug-likeness (QED) is 0.634. The zero-order valence-corrected chi connectivity index (χ0v) is 13.0. The zero-order valence-electron chi connectivity index (χ0n) is 11.4. The molecule has 0 radical (unpaired) electrons. The highest BCUT2D eigenvalue weighted by Crippen LogP contribution is 2.30. The Balaban J connectivity index is 1.89. The summed E-state index contributed by atoms with van der Waals surface area (Å²) < 4.78 is 0. The Morgan fingerprint density at radius 2 is 1.67 bits per heavy atom. The van der Waals surface area contributed by atoms with Gasteiger partial charge in [0.15, 0.2) is 0 Å². The van der Waals surface area contributed by atoms with Crippen LogP contribution in [0.4, 0.5) is 0 Å². The Kier molecular flexibility index (Phi) is 4.05. The number of nitriles is 1. The maximum Gasteiger partial charge on any atom is 0.124 e. The topological polar surface area (TPSA) is 36.7 Å². The Morgan fingerprint density at radius 1 is 1.00 bits per heavy atom. The van der Waals surface area contributed by atoms with Gasteiger partial charge in [0.05, 0.1) is 17.3 Å². The number of rotatable bonds is 3. The molecule has 102 valence electrons. The number of thiazole rings is 1. The first kappa shape index (κ1) is 13.9. The second-order valence-electron chi connectivity index (χ2n) is 4.46. The average Bonchev–Trinajstić information content (AvgIpc) is 3.05. The minimum atomic E-state index is 0.668. The molecule has 0 amide bonds. The first-order valence-electron chi connectivity index (χ1n) is 6.40. The molecule has 1 heterocycles. The van der Waals surface area contributed by atoms with Crippen LogP contribution in [0.15, 0.2) is 58.8 Å². The van der Waals surface area contributed by atoms with Crippen molar-refractivity contribution in [1.82, 2.24) is 4.98 Å². The number of nitrogens with zero attached hydrogens (tertiary/aromatic N) is 2. The molecule has 0 aliphatic rings. The monoisotopic (exact) mass is 308 g/mol. The van der Waals surface area contributed by atoms with Crippen molar-refractivity contribution in [3.63, 3.8) is 0 Å². The van der Waals surface area contributed by atoms with Crippen molar-refractivity contribution in [2.75, 3.05) is 6.26 Å². The summed E-state index contributed by atoms with van der Waals surface area (Å²) in [6.07, 6.45) is 2.07. The summed E-state index contributed by atoms with van der Waals surface area (Å²) in [6, 6.07) is 18.1. The minimum absolute atomic E-state index is 0.668. The largest absolute Gasteiger partial charge is 0.236 e. The normalized spacial score (nSPS) is 10.3. The molecule has 0 spiro atoms. The van der Waals surface area contributed by atoms with Gasteiger partial charge in [0, 0.05) is 21.4 Å². The Labute approximate surface area is 132 Å². The summed E-state index contributed by atoms with van der Waals surface area (Å²) in [5.74, 6) is 0. The second-order valence-corrected chi connectivity index (χ2v) is 6.19. The van der Waals surface area contributed by atoms with Crippen LogP contribution in [0.1, 0.15) is 5.56 Å². The highest BCUT2D eigenvalue weighted by molar-refractivity contribution is 7.98. The molecule has 3 aromatic rings. The van der Waals surface area contributed by atoms with E-state index in [1.807, 2.05) is 24.3 Å². The second kappa shape index (κ2) is 6.13. The van der Waals surface area contributed by atoms with E-state index in [1.54, 1.807) is 23.1 Å². The van der Waals surface area contributed by atoms with E-state index in [1.165, 1.54) is 4.90 Å². The van der Waals surface area contributed by atoms with Crippen molar-refractivity contribution in [3.8, 4) is 27.9 Å². The van der Waals surface area contributed by atoms with E-state index in [9.17, 15) is 0 Å². The number of hydrogen-bond acceptors (Lipinski definition) is 4. The fourth-order valence-corrected chi connectivity index (χ4v) is 3.23. The minimum Gasteiger partial charge on any atom is -0.236 e. The highest BCUT2D eigenvalue weighted by atomic mass is 32.2. The van der Waals surface area contributed by atoms with Crippen LogP contribution in [0.5, 0.6) is 0 Å². The molecule has 0 atom stereocenters. The van der Waals surface area contributed by atoms with Gasteiger partial charge in [-0.2, -0.15) is 5.26 Å². The molecule has 0 saturated carbocycles. The molecular weight excluding hydrogens is 296 g/mol. The van der Waals surface area contributed by atoms with Crippen LogP contribution in [0.25, 0.3) is 21.8 Å². The lowest BCUT2D eigenvalue weighted by atomic mass is 10.1. The average molecular weight is 308 g/mol. The third kappa shape index (κ3) is 2.99. The standard InChI is InChI=1S/C17H12N2S2/c1-20-15-8-6-14(7-9-15)17-19-16(11-21-17)13-4-2-12(10-18)3-5-13/h2-9,11H,1H3. The molecule has 0 aliphatic heterocycles. The van der Waals surface area contributed by atoms with Crippen LogP contribution in [0.3, 0.4) is 0 Å². The third-order valence-corrected chi connectivity index (χ3v) is 4.79. The number of benzene rings is 2. The van der Waals surface area contributed by atoms with Crippen LogP contribution >= 0.6 is 23.1 Å². The highest BCUT2D eigenvalue weighted by Gasteiger charge is 2.06. The van der Waals surface area contributed by atoms with Gasteiger partial charge >= 0.3 is 0 Å². The summed E-state index contributed by atoms with van der Waals surface area (Å²) in [4.78, 5) is 5.94. The lowest BCUT2D eigenvalue weighted by Crippen LogP contribution is -1.81. The van der Waals surface area contributed by atoms with E-state index in [0.29, 0.717) is 5.56 Å². The van der Waals surface area contributed by atoms with Crippen molar-refractivity contribution < 1.29 is 0 Å². The van der Waals surface area contributed by atoms with Crippen molar-refractivity contribution in [2.45, 2.75) is 4.90 Å². The third-order valence-electron chi connectivity index (χ3n) is 3.15. The summed E-state index contributed by atoms with van der Waals surface area (Å²) in [5, 5.41) is 11.9. The fourth-order valence-electron chi connectivity index (χ4n) is 1.99. The molecule has 0 bridgehead atoms. The molecule has 0 N–H and O–H groups in total. The number of thioether (sulfide) groups is 1. The van der Waals surface area contributed by atoms with Gasteiger partial charge in [0.25, 0.3) is 0 Å². The van der Waals surface area contributed by atoms with Gasteiger partial charge in [-0.3, -0.25) is 0 Å². The van der Waals surface area contributed by atoms with Crippen molar-refractivity contribution in [3.05, 3.63) is 59.5 Å². The van der Waals surface area contributed by atoms with Crippen LogP contribution in [-0.4, -0.2) is 11.2 Å². The van der Waals surface area contributed by atoms with Crippen LogP contribution in [0.2, 0.25) is 0 Å². The van der Waals surface area contributed by atoms with E-state index in [2.05, 4.69) is 42.0 Å².